The Hall–Kier alpha value is -2.21. The molecule has 2 N–H and O–H groups in total. The van der Waals surface area contributed by atoms with Gasteiger partial charge < -0.3 is 10.5 Å². The summed E-state index contributed by atoms with van der Waals surface area (Å²) in [5, 5.41) is 4.08. The van der Waals surface area contributed by atoms with E-state index >= 15 is 0 Å². The summed E-state index contributed by atoms with van der Waals surface area (Å²) in [5.74, 6) is 0.446. The fourth-order valence-electron chi connectivity index (χ4n) is 1.66. The minimum Gasteiger partial charge on any atom is -0.490 e. The first-order valence-corrected chi connectivity index (χ1v) is 6.50. The van der Waals surface area contributed by atoms with Gasteiger partial charge >= 0.3 is 0 Å². The van der Waals surface area contributed by atoms with Gasteiger partial charge in [-0.3, -0.25) is 9.78 Å². The minimum absolute atomic E-state index is 0.0819. The molecule has 0 saturated heterocycles. The highest BCUT2D eigenvalue weighted by Gasteiger charge is 2.03. The average Bonchev–Trinajstić information content (AvgIpc) is 2.45. The van der Waals surface area contributed by atoms with Crippen LogP contribution in [0, 0.1) is 0 Å². The molecule has 2 aromatic rings. The number of pyridine rings is 1. The van der Waals surface area contributed by atoms with E-state index in [1.807, 2.05) is 25.1 Å². The third kappa shape index (κ3) is 4.17. The topological polar surface area (TPSA) is 83.0 Å². The number of nitrogens with zero attached hydrogens (tertiary/aromatic N) is 3. The fraction of sp³-hybridized carbons (Fsp3) is 0.357. The summed E-state index contributed by atoms with van der Waals surface area (Å²) >= 11 is 0. The van der Waals surface area contributed by atoms with Crippen LogP contribution >= 0.6 is 0 Å². The smallest absolute Gasteiger partial charge is 0.270 e. The van der Waals surface area contributed by atoms with Gasteiger partial charge in [0.1, 0.15) is 12.4 Å². The Morgan fingerprint density at radius 2 is 2.30 bits per heavy atom. The van der Waals surface area contributed by atoms with E-state index in [0.717, 1.165) is 5.69 Å². The number of ether oxygens (including phenoxy) is 1. The Kier molecular flexibility index (Phi) is 4.84. The van der Waals surface area contributed by atoms with Crippen molar-refractivity contribution in [2.75, 3.05) is 6.61 Å². The highest BCUT2D eigenvalue weighted by molar-refractivity contribution is 5.13. The zero-order valence-corrected chi connectivity index (χ0v) is 11.4. The molecule has 6 nitrogen and oxygen atoms in total. The van der Waals surface area contributed by atoms with Crippen molar-refractivity contribution in [3.8, 4) is 5.75 Å². The molecular weight excluding hydrogens is 256 g/mol. The van der Waals surface area contributed by atoms with Crippen LogP contribution in [0.2, 0.25) is 0 Å². The molecule has 0 amide bonds. The van der Waals surface area contributed by atoms with Crippen molar-refractivity contribution in [2.45, 2.75) is 25.9 Å². The fourth-order valence-corrected chi connectivity index (χ4v) is 1.66. The molecule has 0 saturated carbocycles. The monoisotopic (exact) mass is 274 g/mol. The Labute approximate surface area is 117 Å². The average molecular weight is 274 g/mol. The van der Waals surface area contributed by atoms with Gasteiger partial charge in [0.05, 0.1) is 12.7 Å². The largest absolute Gasteiger partial charge is 0.490 e. The Morgan fingerprint density at radius 3 is 2.95 bits per heavy atom. The number of aromatic nitrogens is 3. The molecule has 0 aliphatic heterocycles. The molecule has 0 aliphatic rings. The molecule has 20 heavy (non-hydrogen) atoms. The molecule has 0 aliphatic carbocycles. The Bertz CT molecular complexity index is 596. The van der Waals surface area contributed by atoms with Crippen LogP contribution in [0.3, 0.4) is 0 Å². The zero-order valence-electron chi connectivity index (χ0n) is 11.4. The standard InChI is InChI=1S/C14H18N4O2/c1-11(15)10-20-13-8-14(19)18(17-9-13)7-5-12-4-2-3-6-16-12/h2-4,6,8-9,11H,5,7,10,15H2,1H3. The van der Waals surface area contributed by atoms with Crippen molar-refractivity contribution >= 4 is 0 Å². The van der Waals surface area contributed by atoms with Gasteiger partial charge in [-0.2, -0.15) is 5.10 Å². The highest BCUT2D eigenvalue weighted by Crippen LogP contribution is 2.04. The van der Waals surface area contributed by atoms with Crippen LogP contribution in [0.5, 0.6) is 5.75 Å². The first kappa shape index (κ1) is 14.2. The molecule has 0 fully saturated rings. The molecule has 2 heterocycles. The summed E-state index contributed by atoms with van der Waals surface area (Å²) in [6.45, 7) is 2.68. The maximum Gasteiger partial charge on any atom is 0.270 e. The molecule has 1 atom stereocenters. The third-order valence-corrected chi connectivity index (χ3v) is 2.66. The van der Waals surface area contributed by atoms with Crippen LogP contribution in [0.1, 0.15) is 12.6 Å². The summed E-state index contributed by atoms with van der Waals surface area (Å²) in [6.07, 6.45) is 3.92. The van der Waals surface area contributed by atoms with E-state index in [9.17, 15) is 4.79 Å². The summed E-state index contributed by atoms with van der Waals surface area (Å²) < 4.78 is 6.75. The summed E-state index contributed by atoms with van der Waals surface area (Å²) in [7, 11) is 0. The van der Waals surface area contributed by atoms with Gasteiger partial charge in [-0.15, -0.1) is 0 Å². The molecule has 0 spiro atoms. The number of hydrogen-bond donors (Lipinski definition) is 1. The van der Waals surface area contributed by atoms with Gasteiger partial charge in [0.15, 0.2) is 0 Å². The van der Waals surface area contributed by atoms with E-state index in [0.29, 0.717) is 25.3 Å². The number of aryl methyl sites for hydroxylation is 2. The predicted molar refractivity (Wildman–Crippen MR) is 75.6 cm³/mol. The van der Waals surface area contributed by atoms with E-state index in [4.69, 9.17) is 10.5 Å². The lowest BCUT2D eigenvalue weighted by molar-refractivity contribution is 0.292. The number of hydrogen-bond acceptors (Lipinski definition) is 5. The molecule has 6 heteroatoms. The van der Waals surface area contributed by atoms with Gasteiger partial charge in [0.2, 0.25) is 0 Å². The maximum atomic E-state index is 11.9. The zero-order chi connectivity index (χ0) is 14.4. The van der Waals surface area contributed by atoms with Gasteiger partial charge in [0, 0.05) is 30.4 Å². The van der Waals surface area contributed by atoms with E-state index in [-0.39, 0.29) is 11.6 Å². The van der Waals surface area contributed by atoms with Crippen molar-refractivity contribution < 1.29 is 4.74 Å². The van der Waals surface area contributed by atoms with E-state index in [1.165, 1.54) is 16.9 Å². The molecule has 0 radical (unpaired) electrons. The van der Waals surface area contributed by atoms with Crippen molar-refractivity contribution in [2.24, 2.45) is 5.73 Å². The van der Waals surface area contributed by atoms with Crippen molar-refractivity contribution in [1.29, 1.82) is 0 Å². The molecule has 0 bridgehead atoms. The van der Waals surface area contributed by atoms with Crippen LogP contribution in [0.15, 0.2) is 41.5 Å². The van der Waals surface area contributed by atoms with Gasteiger partial charge in [-0.1, -0.05) is 6.07 Å². The second-order valence-corrected chi connectivity index (χ2v) is 4.61. The summed E-state index contributed by atoms with van der Waals surface area (Å²) in [6, 6.07) is 7.04. The van der Waals surface area contributed by atoms with Gasteiger partial charge in [-0.05, 0) is 19.1 Å². The first-order valence-electron chi connectivity index (χ1n) is 6.50. The van der Waals surface area contributed by atoms with Gasteiger partial charge in [0.25, 0.3) is 5.56 Å². The Balaban J connectivity index is 1.97. The number of rotatable bonds is 6. The van der Waals surface area contributed by atoms with E-state index in [2.05, 4.69) is 10.1 Å². The maximum absolute atomic E-state index is 11.9. The lowest BCUT2D eigenvalue weighted by Crippen LogP contribution is -2.26. The first-order chi connectivity index (χ1) is 9.65. The molecule has 2 rings (SSSR count). The highest BCUT2D eigenvalue weighted by atomic mass is 16.5. The molecule has 106 valence electrons. The van der Waals surface area contributed by atoms with Crippen molar-refractivity contribution in [1.82, 2.24) is 14.8 Å². The Morgan fingerprint density at radius 1 is 1.45 bits per heavy atom. The second-order valence-electron chi connectivity index (χ2n) is 4.61. The third-order valence-electron chi connectivity index (χ3n) is 2.66. The van der Waals surface area contributed by atoms with Crippen LogP contribution in [0.4, 0.5) is 0 Å². The molecule has 2 aromatic heterocycles. The van der Waals surface area contributed by atoms with Crippen LogP contribution in [-0.4, -0.2) is 27.4 Å². The lowest BCUT2D eigenvalue weighted by atomic mass is 10.3. The van der Waals surface area contributed by atoms with Gasteiger partial charge in [-0.25, -0.2) is 4.68 Å². The number of nitrogens with two attached hydrogens (primary N) is 1. The molecule has 1 unspecified atom stereocenters. The lowest BCUT2D eigenvalue weighted by Gasteiger charge is -2.09. The van der Waals surface area contributed by atoms with Crippen LogP contribution < -0.4 is 16.0 Å². The minimum atomic E-state index is -0.192. The van der Waals surface area contributed by atoms with Crippen molar-refractivity contribution in [3.05, 3.63) is 52.7 Å². The quantitative estimate of drug-likeness (QED) is 0.834. The van der Waals surface area contributed by atoms with Crippen LogP contribution in [0.25, 0.3) is 0 Å². The molecule has 0 aromatic carbocycles. The molecular formula is C14H18N4O2. The van der Waals surface area contributed by atoms with Crippen molar-refractivity contribution in [3.63, 3.8) is 0 Å². The van der Waals surface area contributed by atoms with E-state index in [1.54, 1.807) is 6.20 Å². The van der Waals surface area contributed by atoms with E-state index < -0.39 is 0 Å². The second kappa shape index (κ2) is 6.81. The normalized spacial score (nSPS) is 12.1. The summed E-state index contributed by atoms with van der Waals surface area (Å²) in [5.41, 5.74) is 6.32. The van der Waals surface area contributed by atoms with Crippen LogP contribution in [-0.2, 0) is 13.0 Å². The summed E-state index contributed by atoms with van der Waals surface area (Å²) in [4.78, 5) is 16.1. The SMILES string of the molecule is CC(N)COc1cnn(CCc2ccccn2)c(=O)c1. The predicted octanol–water partition coefficient (Wildman–Crippen LogP) is 0.607.